The van der Waals surface area contributed by atoms with E-state index in [1.54, 1.807) is 18.2 Å². The SMILES string of the molecule is CCc1ccc2nc(NNC(=O)CS(=O)(=O)c3ccccc3)sc2c1. The van der Waals surface area contributed by atoms with Gasteiger partial charge in [0.05, 0.1) is 15.1 Å². The molecule has 6 nitrogen and oxygen atoms in total. The number of nitrogens with one attached hydrogen (secondary N) is 2. The summed E-state index contributed by atoms with van der Waals surface area (Å²) in [7, 11) is -3.67. The predicted octanol–water partition coefficient (Wildman–Crippen LogP) is 2.78. The zero-order valence-corrected chi connectivity index (χ0v) is 15.2. The quantitative estimate of drug-likeness (QED) is 0.647. The van der Waals surface area contributed by atoms with Crippen LogP contribution in [0.4, 0.5) is 5.13 Å². The molecule has 0 spiro atoms. The Balaban J connectivity index is 1.64. The van der Waals surface area contributed by atoms with Gasteiger partial charge >= 0.3 is 0 Å². The van der Waals surface area contributed by atoms with Crippen LogP contribution in [0.5, 0.6) is 0 Å². The molecular weight excluding hydrogens is 358 g/mol. The molecule has 0 saturated carbocycles. The highest BCUT2D eigenvalue weighted by Crippen LogP contribution is 2.26. The van der Waals surface area contributed by atoms with Gasteiger partial charge in [-0.2, -0.15) is 0 Å². The molecule has 0 aliphatic carbocycles. The number of rotatable bonds is 6. The second kappa shape index (κ2) is 7.20. The van der Waals surface area contributed by atoms with Crippen LogP contribution >= 0.6 is 11.3 Å². The van der Waals surface area contributed by atoms with Crippen LogP contribution in [0, 0.1) is 0 Å². The Hall–Kier alpha value is -2.45. The number of nitrogens with zero attached hydrogens (tertiary/aromatic N) is 1. The van der Waals surface area contributed by atoms with Crippen LogP contribution in [0.3, 0.4) is 0 Å². The number of hydrogen-bond donors (Lipinski definition) is 2. The van der Waals surface area contributed by atoms with Crippen molar-refractivity contribution in [2.75, 3.05) is 11.2 Å². The van der Waals surface area contributed by atoms with Crippen LogP contribution in [0.2, 0.25) is 0 Å². The lowest BCUT2D eigenvalue weighted by molar-refractivity contribution is -0.118. The van der Waals surface area contributed by atoms with Gasteiger partial charge in [-0.25, -0.2) is 13.4 Å². The molecule has 0 aliphatic heterocycles. The first kappa shape index (κ1) is 17.4. The minimum atomic E-state index is -3.67. The summed E-state index contributed by atoms with van der Waals surface area (Å²) in [6.07, 6.45) is 0.935. The summed E-state index contributed by atoms with van der Waals surface area (Å²) in [5, 5.41) is 0.508. The number of benzene rings is 2. The van der Waals surface area contributed by atoms with Crippen LogP contribution in [-0.4, -0.2) is 25.1 Å². The summed E-state index contributed by atoms with van der Waals surface area (Å²) in [6, 6.07) is 13.9. The Morgan fingerprint density at radius 3 is 2.64 bits per heavy atom. The third-order valence-corrected chi connectivity index (χ3v) is 6.16. The molecule has 130 valence electrons. The van der Waals surface area contributed by atoms with Gasteiger partial charge in [0.1, 0.15) is 5.75 Å². The van der Waals surface area contributed by atoms with Gasteiger partial charge in [-0.3, -0.25) is 15.6 Å². The van der Waals surface area contributed by atoms with Gasteiger partial charge in [0.15, 0.2) is 9.84 Å². The number of carbonyl (C=O) groups is 1. The van der Waals surface area contributed by atoms with Gasteiger partial charge in [0.25, 0.3) is 5.91 Å². The molecular formula is C17H17N3O3S2. The third kappa shape index (κ3) is 4.15. The zero-order chi connectivity index (χ0) is 17.9. The van der Waals surface area contributed by atoms with Gasteiger partial charge in [0.2, 0.25) is 5.13 Å². The minimum absolute atomic E-state index is 0.122. The van der Waals surface area contributed by atoms with E-state index >= 15 is 0 Å². The number of aromatic nitrogens is 1. The summed E-state index contributed by atoms with van der Waals surface area (Å²) < 4.78 is 25.3. The number of amides is 1. The highest BCUT2D eigenvalue weighted by Gasteiger charge is 2.19. The van der Waals surface area contributed by atoms with Crippen molar-refractivity contribution < 1.29 is 13.2 Å². The second-order valence-corrected chi connectivity index (χ2v) is 8.44. The Kier molecular flexibility index (Phi) is 5.00. The highest BCUT2D eigenvalue weighted by atomic mass is 32.2. The van der Waals surface area contributed by atoms with E-state index in [4.69, 9.17) is 0 Å². The highest BCUT2D eigenvalue weighted by molar-refractivity contribution is 7.92. The fourth-order valence-corrected chi connectivity index (χ4v) is 4.32. The fraction of sp³-hybridized carbons (Fsp3) is 0.176. The molecule has 1 aromatic heterocycles. The molecule has 0 fully saturated rings. The molecule has 2 aromatic carbocycles. The van der Waals surface area contributed by atoms with Gasteiger partial charge < -0.3 is 0 Å². The molecule has 0 atom stereocenters. The number of carbonyl (C=O) groups excluding carboxylic acids is 1. The molecule has 3 aromatic rings. The number of hydrazine groups is 1. The van der Waals surface area contributed by atoms with Crippen LogP contribution in [-0.2, 0) is 21.1 Å². The molecule has 1 heterocycles. The average Bonchev–Trinajstić information content (AvgIpc) is 3.02. The van der Waals surface area contributed by atoms with E-state index in [0.29, 0.717) is 5.13 Å². The second-order valence-electron chi connectivity index (χ2n) is 5.42. The van der Waals surface area contributed by atoms with Crippen LogP contribution in [0.15, 0.2) is 53.4 Å². The number of fused-ring (bicyclic) bond motifs is 1. The van der Waals surface area contributed by atoms with Gasteiger partial charge in [-0.05, 0) is 36.2 Å². The van der Waals surface area contributed by atoms with Crippen LogP contribution in [0.1, 0.15) is 12.5 Å². The third-order valence-electron chi connectivity index (χ3n) is 3.59. The van der Waals surface area contributed by atoms with E-state index < -0.39 is 21.5 Å². The molecule has 0 aliphatic rings. The number of sulfone groups is 1. The number of thiazole rings is 1. The average molecular weight is 375 g/mol. The standard InChI is InChI=1S/C17H17N3O3S2/c1-2-12-8-9-14-15(10-12)24-17(18-14)20-19-16(21)11-25(22,23)13-6-4-3-5-7-13/h3-10H,2,11H2,1H3,(H,18,20)(H,19,21). The summed E-state index contributed by atoms with van der Waals surface area (Å²) >= 11 is 1.40. The normalized spacial score (nSPS) is 11.4. The Labute approximate surface area is 149 Å². The Bertz CT molecular complexity index is 998. The van der Waals surface area contributed by atoms with Crippen molar-refractivity contribution >= 4 is 42.4 Å². The molecule has 25 heavy (non-hydrogen) atoms. The monoisotopic (exact) mass is 375 g/mol. The first-order chi connectivity index (χ1) is 12.0. The van der Waals surface area contributed by atoms with E-state index in [2.05, 4.69) is 28.8 Å². The summed E-state index contributed by atoms with van der Waals surface area (Å²) in [5.41, 5.74) is 7.12. The lowest BCUT2D eigenvalue weighted by atomic mass is 10.2. The van der Waals surface area contributed by atoms with E-state index in [9.17, 15) is 13.2 Å². The van der Waals surface area contributed by atoms with Gasteiger partial charge in [0, 0.05) is 0 Å². The zero-order valence-electron chi connectivity index (χ0n) is 13.5. The maximum atomic E-state index is 12.2. The van der Waals surface area contributed by atoms with Crippen molar-refractivity contribution in [1.29, 1.82) is 0 Å². The maximum Gasteiger partial charge on any atom is 0.253 e. The molecule has 0 bridgehead atoms. The first-order valence-corrected chi connectivity index (χ1v) is 10.2. The maximum absolute atomic E-state index is 12.2. The summed E-state index contributed by atoms with van der Waals surface area (Å²) in [6.45, 7) is 2.08. The van der Waals surface area contributed by atoms with Crippen molar-refractivity contribution in [3.8, 4) is 0 Å². The van der Waals surface area contributed by atoms with Crippen LogP contribution < -0.4 is 10.9 Å². The number of anilines is 1. The van der Waals surface area contributed by atoms with Crippen molar-refractivity contribution in [2.45, 2.75) is 18.2 Å². The van der Waals surface area contributed by atoms with E-state index in [0.717, 1.165) is 16.6 Å². The lowest BCUT2D eigenvalue weighted by Crippen LogP contribution is -2.34. The fourth-order valence-electron chi connectivity index (χ4n) is 2.29. The number of hydrogen-bond acceptors (Lipinski definition) is 6. The minimum Gasteiger partial charge on any atom is -0.273 e. The first-order valence-electron chi connectivity index (χ1n) is 7.70. The predicted molar refractivity (Wildman–Crippen MR) is 99.3 cm³/mol. The number of aryl methyl sites for hydroxylation is 1. The molecule has 0 unspecified atom stereocenters. The van der Waals surface area contributed by atoms with Crippen LogP contribution in [0.25, 0.3) is 10.2 Å². The van der Waals surface area contributed by atoms with Gasteiger partial charge in [-0.15, -0.1) is 0 Å². The topological polar surface area (TPSA) is 88.2 Å². The summed E-state index contributed by atoms with van der Waals surface area (Å²) in [5.74, 6) is -1.27. The molecule has 8 heteroatoms. The Morgan fingerprint density at radius 1 is 1.16 bits per heavy atom. The van der Waals surface area contributed by atoms with Crippen molar-refractivity contribution in [3.63, 3.8) is 0 Å². The largest absolute Gasteiger partial charge is 0.273 e. The molecule has 0 saturated heterocycles. The van der Waals surface area contributed by atoms with Crippen molar-refractivity contribution in [3.05, 3.63) is 54.1 Å². The van der Waals surface area contributed by atoms with Crippen molar-refractivity contribution in [2.24, 2.45) is 0 Å². The molecule has 3 rings (SSSR count). The van der Waals surface area contributed by atoms with E-state index in [-0.39, 0.29) is 4.90 Å². The van der Waals surface area contributed by atoms with E-state index in [1.807, 2.05) is 12.1 Å². The summed E-state index contributed by atoms with van der Waals surface area (Å²) in [4.78, 5) is 16.4. The van der Waals surface area contributed by atoms with E-state index in [1.165, 1.54) is 29.0 Å². The molecule has 0 radical (unpaired) electrons. The lowest BCUT2D eigenvalue weighted by Gasteiger charge is -2.06. The molecule has 2 N–H and O–H groups in total. The van der Waals surface area contributed by atoms with Gasteiger partial charge in [-0.1, -0.05) is 42.5 Å². The molecule has 1 amide bonds. The smallest absolute Gasteiger partial charge is 0.253 e. The Morgan fingerprint density at radius 2 is 1.92 bits per heavy atom. The van der Waals surface area contributed by atoms with Crippen molar-refractivity contribution in [1.82, 2.24) is 10.4 Å².